The molecular formula is C56H36N4. The lowest BCUT2D eigenvalue weighted by Gasteiger charge is -2.14. The van der Waals surface area contributed by atoms with Crippen LogP contribution >= 0.6 is 0 Å². The van der Waals surface area contributed by atoms with Gasteiger partial charge in [0.2, 0.25) is 5.95 Å². The summed E-state index contributed by atoms with van der Waals surface area (Å²) in [5, 5.41) is 5.64. The first kappa shape index (κ1) is 34.0. The van der Waals surface area contributed by atoms with Crippen molar-refractivity contribution in [2.45, 2.75) is 0 Å². The minimum absolute atomic E-state index is 0.625. The molecule has 60 heavy (non-hydrogen) atoms. The number of para-hydroxylation sites is 1. The van der Waals surface area contributed by atoms with E-state index in [1.54, 1.807) is 0 Å². The van der Waals surface area contributed by atoms with Crippen molar-refractivity contribution in [2.75, 3.05) is 0 Å². The van der Waals surface area contributed by atoms with Crippen LogP contribution in [0.3, 0.4) is 0 Å². The van der Waals surface area contributed by atoms with E-state index in [4.69, 9.17) is 9.97 Å². The summed E-state index contributed by atoms with van der Waals surface area (Å²) in [5.41, 5.74) is 14.6. The molecule has 12 rings (SSSR count). The molecule has 9 aromatic carbocycles. The lowest BCUT2D eigenvalue weighted by molar-refractivity contribution is 0.972. The summed E-state index contributed by atoms with van der Waals surface area (Å²) in [7, 11) is 0. The van der Waals surface area contributed by atoms with Gasteiger partial charge in [-0.05, 0) is 105 Å². The van der Waals surface area contributed by atoms with Crippen LogP contribution in [-0.4, -0.2) is 19.1 Å². The molecule has 0 fully saturated rings. The number of rotatable bonds is 6. The van der Waals surface area contributed by atoms with Gasteiger partial charge in [-0.2, -0.15) is 4.98 Å². The van der Waals surface area contributed by atoms with E-state index in [1.165, 1.54) is 55.3 Å². The highest BCUT2D eigenvalue weighted by Crippen LogP contribution is 2.40. The fraction of sp³-hybridized carbons (Fsp3) is 0. The summed E-state index contributed by atoms with van der Waals surface area (Å²) in [6.07, 6.45) is 0. The molecule has 3 heterocycles. The number of hydrogen-bond acceptors (Lipinski definition) is 2. The van der Waals surface area contributed by atoms with Gasteiger partial charge in [0.15, 0.2) is 5.82 Å². The van der Waals surface area contributed by atoms with Crippen molar-refractivity contribution in [3.05, 3.63) is 218 Å². The second kappa shape index (κ2) is 13.8. The molecule has 0 aliphatic carbocycles. The quantitative estimate of drug-likeness (QED) is 0.169. The van der Waals surface area contributed by atoms with Gasteiger partial charge in [0.05, 0.1) is 27.6 Å². The predicted molar refractivity (Wildman–Crippen MR) is 250 cm³/mol. The molecule has 0 saturated heterocycles. The summed E-state index contributed by atoms with van der Waals surface area (Å²) < 4.78 is 4.59. The second-order valence-corrected chi connectivity index (χ2v) is 15.4. The summed E-state index contributed by atoms with van der Waals surface area (Å²) in [6, 6.07) is 78.1. The van der Waals surface area contributed by atoms with Crippen LogP contribution in [0.5, 0.6) is 0 Å². The molecule has 0 atom stereocenters. The lowest BCUT2D eigenvalue weighted by atomic mass is 10.0. The minimum atomic E-state index is 0.625. The van der Waals surface area contributed by atoms with Crippen LogP contribution in [0.2, 0.25) is 0 Å². The van der Waals surface area contributed by atoms with E-state index < -0.39 is 0 Å². The Labute approximate surface area is 346 Å². The van der Waals surface area contributed by atoms with Crippen molar-refractivity contribution in [3.8, 4) is 56.3 Å². The zero-order valence-electron chi connectivity index (χ0n) is 32.6. The van der Waals surface area contributed by atoms with Crippen molar-refractivity contribution in [2.24, 2.45) is 0 Å². The standard InChI is InChI=1S/C56H36N4/c1-5-15-37(16-6-1)41-25-29-51-46(33-41)47-34-42(38-17-7-2-8-18-38)26-30-52(47)59(51)55-45-23-13-14-24-50(45)57-56(58-55)60-53-31-27-43(39-19-9-3-10-20-39)35-48(53)49-36-44(28-32-54(49)60)40-21-11-4-12-22-40/h1-36H. The van der Waals surface area contributed by atoms with Gasteiger partial charge in [-0.15, -0.1) is 0 Å². The van der Waals surface area contributed by atoms with Crippen molar-refractivity contribution >= 4 is 54.5 Å². The van der Waals surface area contributed by atoms with Crippen LogP contribution in [0.25, 0.3) is 111 Å². The number of benzene rings is 9. The van der Waals surface area contributed by atoms with Gasteiger partial charge in [0.25, 0.3) is 0 Å². The highest BCUT2D eigenvalue weighted by atomic mass is 15.2. The summed E-state index contributed by atoms with van der Waals surface area (Å²) in [5.74, 6) is 1.47. The van der Waals surface area contributed by atoms with Crippen LogP contribution in [0.4, 0.5) is 0 Å². The third kappa shape index (κ3) is 5.53. The van der Waals surface area contributed by atoms with E-state index >= 15 is 0 Å². The minimum Gasteiger partial charge on any atom is -0.293 e. The van der Waals surface area contributed by atoms with Crippen LogP contribution in [0.15, 0.2) is 218 Å². The fourth-order valence-corrected chi connectivity index (χ4v) is 9.05. The zero-order valence-corrected chi connectivity index (χ0v) is 32.6. The summed E-state index contributed by atoms with van der Waals surface area (Å²) in [4.78, 5) is 11.0. The van der Waals surface area contributed by atoms with E-state index in [1.807, 2.05) is 0 Å². The first-order valence-corrected chi connectivity index (χ1v) is 20.4. The van der Waals surface area contributed by atoms with Gasteiger partial charge in [-0.1, -0.05) is 158 Å². The van der Waals surface area contributed by atoms with E-state index in [0.29, 0.717) is 5.95 Å². The van der Waals surface area contributed by atoms with Gasteiger partial charge in [-0.25, -0.2) is 4.98 Å². The Hall–Kier alpha value is -8.08. The van der Waals surface area contributed by atoms with Gasteiger partial charge in [-0.3, -0.25) is 9.13 Å². The van der Waals surface area contributed by atoms with Crippen LogP contribution in [-0.2, 0) is 0 Å². The van der Waals surface area contributed by atoms with Gasteiger partial charge >= 0.3 is 0 Å². The third-order valence-corrected chi connectivity index (χ3v) is 11.9. The highest BCUT2D eigenvalue weighted by molar-refractivity contribution is 6.13. The van der Waals surface area contributed by atoms with Gasteiger partial charge < -0.3 is 0 Å². The van der Waals surface area contributed by atoms with E-state index in [0.717, 1.165) is 49.6 Å². The number of hydrogen-bond donors (Lipinski definition) is 0. The van der Waals surface area contributed by atoms with Gasteiger partial charge in [0, 0.05) is 26.9 Å². The average Bonchev–Trinajstić information content (AvgIpc) is 3.83. The predicted octanol–water partition coefficient (Wildman–Crippen LogP) is 14.5. The van der Waals surface area contributed by atoms with Crippen molar-refractivity contribution < 1.29 is 0 Å². The molecule has 0 unspecified atom stereocenters. The zero-order chi connectivity index (χ0) is 39.6. The highest BCUT2D eigenvalue weighted by Gasteiger charge is 2.22. The Balaban J connectivity index is 1.14. The molecule has 280 valence electrons. The smallest absolute Gasteiger partial charge is 0.237 e. The molecule has 3 aromatic heterocycles. The first-order chi connectivity index (χ1) is 29.7. The Bertz CT molecular complexity index is 3380. The molecule has 0 N–H and O–H groups in total. The third-order valence-electron chi connectivity index (χ3n) is 11.9. The van der Waals surface area contributed by atoms with Crippen molar-refractivity contribution in [1.29, 1.82) is 0 Å². The number of nitrogens with zero attached hydrogens (tertiary/aromatic N) is 4. The molecule has 0 spiro atoms. The Morgan fingerprint density at radius 3 is 0.967 bits per heavy atom. The first-order valence-electron chi connectivity index (χ1n) is 20.4. The molecule has 0 amide bonds. The van der Waals surface area contributed by atoms with Crippen molar-refractivity contribution in [1.82, 2.24) is 19.1 Å². The molecule has 0 saturated carbocycles. The Kier molecular flexibility index (Phi) is 7.82. The molecular weight excluding hydrogens is 729 g/mol. The largest absolute Gasteiger partial charge is 0.293 e. The lowest BCUT2D eigenvalue weighted by Crippen LogP contribution is -2.07. The van der Waals surface area contributed by atoms with E-state index in [9.17, 15) is 0 Å². The van der Waals surface area contributed by atoms with Crippen LogP contribution in [0.1, 0.15) is 0 Å². The van der Waals surface area contributed by atoms with E-state index in [2.05, 4.69) is 228 Å². The van der Waals surface area contributed by atoms with Crippen LogP contribution < -0.4 is 0 Å². The second-order valence-electron chi connectivity index (χ2n) is 15.4. The van der Waals surface area contributed by atoms with E-state index in [-0.39, 0.29) is 0 Å². The Morgan fingerprint density at radius 1 is 0.250 bits per heavy atom. The molecule has 12 aromatic rings. The maximum absolute atomic E-state index is 5.62. The molecule has 0 bridgehead atoms. The average molecular weight is 765 g/mol. The maximum atomic E-state index is 5.62. The summed E-state index contributed by atoms with van der Waals surface area (Å²) in [6.45, 7) is 0. The van der Waals surface area contributed by atoms with Crippen molar-refractivity contribution in [3.63, 3.8) is 0 Å². The maximum Gasteiger partial charge on any atom is 0.237 e. The van der Waals surface area contributed by atoms with Gasteiger partial charge in [0.1, 0.15) is 0 Å². The molecule has 4 nitrogen and oxygen atoms in total. The topological polar surface area (TPSA) is 35.6 Å². The number of aromatic nitrogens is 4. The number of fused-ring (bicyclic) bond motifs is 7. The molecule has 0 radical (unpaired) electrons. The SMILES string of the molecule is c1ccc(-c2ccc3c(c2)c2cc(-c4ccccc4)ccc2n3-c2nc(-n3c4ccc(-c5ccccc5)cc4c4cc(-c5ccccc5)ccc43)c3ccccc3n2)cc1. The molecule has 0 aliphatic heterocycles. The summed E-state index contributed by atoms with van der Waals surface area (Å²) >= 11 is 0. The Morgan fingerprint density at radius 2 is 0.583 bits per heavy atom. The fourth-order valence-electron chi connectivity index (χ4n) is 9.05. The molecule has 4 heteroatoms. The monoisotopic (exact) mass is 764 g/mol. The van der Waals surface area contributed by atoms with Crippen LogP contribution in [0, 0.1) is 0 Å². The molecule has 0 aliphatic rings. The normalized spacial score (nSPS) is 11.7.